The first-order chi connectivity index (χ1) is 8.00. The summed E-state index contributed by atoms with van der Waals surface area (Å²) < 4.78 is 28.3. The molecule has 1 radical (unpaired) electrons. The third-order valence-corrected chi connectivity index (χ3v) is 3.79. The van der Waals surface area contributed by atoms with E-state index in [1.807, 2.05) is 30.3 Å². The van der Waals surface area contributed by atoms with Crippen LogP contribution in [-0.2, 0) is 10.2 Å². The quantitative estimate of drug-likeness (QED) is 0.834. The minimum atomic E-state index is -3.58. The fraction of sp³-hybridized carbons (Fsp3) is 0.167. The molecule has 0 aliphatic heterocycles. The molecule has 2 aromatic rings. The van der Waals surface area contributed by atoms with E-state index in [2.05, 4.69) is 4.72 Å². The summed E-state index contributed by atoms with van der Waals surface area (Å²) in [5, 5.41) is 1.81. The Bertz CT molecular complexity index is 631. The van der Waals surface area contributed by atoms with Gasteiger partial charge in [0.05, 0.1) is 5.69 Å². The monoisotopic (exact) mass is 249 g/mol. The molecule has 4 nitrogen and oxygen atoms in total. The van der Waals surface area contributed by atoms with E-state index in [-0.39, 0.29) is 0 Å². The van der Waals surface area contributed by atoms with Crippen LogP contribution in [0.1, 0.15) is 0 Å². The van der Waals surface area contributed by atoms with Crippen molar-refractivity contribution in [1.29, 1.82) is 0 Å². The average molecular weight is 249 g/mol. The molecule has 0 amide bonds. The van der Waals surface area contributed by atoms with E-state index in [1.165, 1.54) is 14.1 Å². The van der Waals surface area contributed by atoms with Crippen molar-refractivity contribution in [3.8, 4) is 0 Å². The van der Waals surface area contributed by atoms with Gasteiger partial charge in [-0.2, -0.15) is 12.7 Å². The first kappa shape index (κ1) is 11.9. The fourth-order valence-electron chi connectivity index (χ4n) is 1.49. The minimum absolute atomic E-state index is 0.469. The van der Waals surface area contributed by atoms with Crippen LogP contribution >= 0.6 is 0 Å². The van der Waals surface area contributed by atoms with Crippen molar-refractivity contribution in [1.82, 2.24) is 9.03 Å². The molecule has 2 rings (SSSR count). The van der Waals surface area contributed by atoms with Crippen molar-refractivity contribution in [3.05, 3.63) is 42.5 Å². The maximum Gasteiger partial charge on any atom is 0.322 e. The third kappa shape index (κ3) is 2.40. The number of nitrogens with zero attached hydrogens (tertiary/aromatic N) is 2. The van der Waals surface area contributed by atoms with E-state index in [0.29, 0.717) is 5.69 Å². The molecule has 0 saturated heterocycles. The molecule has 0 aromatic heterocycles. The van der Waals surface area contributed by atoms with Gasteiger partial charge in [-0.15, -0.1) is 4.72 Å². The van der Waals surface area contributed by atoms with Crippen LogP contribution in [0.25, 0.3) is 10.8 Å². The van der Waals surface area contributed by atoms with E-state index < -0.39 is 10.2 Å². The normalized spacial score (nSPS) is 11.9. The Balaban J connectivity index is 2.50. The topological polar surface area (TPSA) is 51.5 Å². The maximum absolute atomic E-state index is 11.7. The zero-order valence-electron chi connectivity index (χ0n) is 9.66. The van der Waals surface area contributed by atoms with Crippen LogP contribution < -0.4 is 4.72 Å². The molecule has 2 aromatic carbocycles. The highest BCUT2D eigenvalue weighted by Gasteiger charge is 2.16. The van der Waals surface area contributed by atoms with Gasteiger partial charge in [0.2, 0.25) is 0 Å². The Kier molecular flexibility index (Phi) is 3.04. The highest BCUT2D eigenvalue weighted by atomic mass is 32.2. The van der Waals surface area contributed by atoms with Gasteiger partial charge < -0.3 is 0 Å². The van der Waals surface area contributed by atoms with Gasteiger partial charge in [0, 0.05) is 19.5 Å². The molecule has 0 heterocycles. The second-order valence-electron chi connectivity index (χ2n) is 3.85. The zero-order valence-corrected chi connectivity index (χ0v) is 10.5. The van der Waals surface area contributed by atoms with Crippen LogP contribution in [0, 0.1) is 0 Å². The number of benzene rings is 2. The lowest BCUT2D eigenvalue weighted by Gasteiger charge is -2.11. The Labute approximate surface area is 101 Å². The van der Waals surface area contributed by atoms with E-state index >= 15 is 0 Å². The second kappa shape index (κ2) is 4.35. The molecular formula is C12H13N2O2S. The number of hydrogen-bond acceptors (Lipinski definition) is 2. The predicted molar refractivity (Wildman–Crippen MR) is 68.3 cm³/mol. The first-order valence-corrected chi connectivity index (χ1v) is 6.53. The number of fused-ring (bicyclic) bond motifs is 1. The Morgan fingerprint density at radius 2 is 1.65 bits per heavy atom. The van der Waals surface area contributed by atoms with Crippen molar-refractivity contribution in [2.24, 2.45) is 0 Å². The van der Waals surface area contributed by atoms with Gasteiger partial charge in [0.1, 0.15) is 0 Å². The Hall–Kier alpha value is -1.59. The summed E-state index contributed by atoms with van der Waals surface area (Å²) in [5.41, 5.74) is 0.469. The highest BCUT2D eigenvalue weighted by Crippen LogP contribution is 2.24. The van der Waals surface area contributed by atoms with Gasteiger partial charge in [-0.25, -0.2) is 0 Å². The van der Waals surface area contributed by atoms with Crippen LogP contribution in [0.5, 0.6) is 0 Å². The van der Waals surface area contributed by atoms with E-state index in [4.69, 9.17) is 0 Å². The van der Waals surface area contributed by atoms with Crippen molar-refractivity contribution in [2.45, 2.75) is 0 Å². The Morgan fingerprint density at radius 1 is 1.00 bits per heavy atom. The molecule has 0 spiro atoms. The van der Waals surface area contributed by atoms with Gasteiger partial charge >= 0.3 is 10.2 Å². The van der Waals surface area contributed by atoms with E-state index in [0.717, 1.165) is 15.1 Å². The molecular weight excluding hydrogens is 236 g/mol. The summed E-state index contributed by atoms with van der Waals surface area (Å²) in [6.45, 7) is 0. The minimum Gasteiger partial charge on any atom is -0.189 e. The number of hydrogen-bond donors (Lipinski definition) is 0. The van der Waals surface area contributed by atoms with Crippen LogP contribution in [0.2, 0.25) is 0 Å². The largest absolute Gasteiger partial charge is 0.322 e. The lowest BCUT2D eigenvalue weighted by Crippen LogP contribution is -2.28. The standard InChI is InChI=1S/C12H13N2O2S/c1-14(2)17(15,16)13-12-9-5-7-10-6-3-4-8-11(10)12/h3-9H,1-2H3. The first-order valence-electron chi connectivity index (χ1n) is 5.14. The maximum atomic E-state index is 11.7. The smallest absolute Gasteiger partial charge is 0.189 e. The second-order valence-corrected chi connectivity index (χ2v) is 5.66. The van der Waals surface area contributed by atoms with Gasteiger partial charge in [-0.1, -0.05) is 36.4 Å². The molecule has 0 aliphatic carbocycles. The molecule has 5 heteroatoms. The molecule has 0 saturated carbocycles. The van der Waals surface area contributed by atoms with Crippen LogP contribution in [0.3, 0.4) is 0 Å². The molecule has 0 aliphatic rings. The van der Waals surface area contributed by atoms with Gasteiger partial charge in [-0.3, -0.25) is 0 Å². The van der Waals surface area contributed by atoms with Gasteiger partial charge in [0.15, 0.2) is 0 Å². The lowest BCUT2D eigenvalue weighted by atomic mass is 10.1. The highest BCUT2D eigenvalue weighted by molar-refractivity contribution is 7.87. The Morgan fingerprint density at radius 3 is 2.35 bits per heavy atom. The average Bonchev–Trinajstić information content (AvgIpc) is 2.29. The molecule has 0 atom stereocenters. The zero-order chi connectivity index (χ0) is 12.5. The summed E-state index contributed by atoms with van der Waals surface area (Å²) >= 11 is 0. The van der Waals surface area contributed by atoms with Crippen LogP contribution in [-0.4, -0.2) is 26.8 Å². The van der Waals surface area contributed by atoms with E-state index in [1.54, 1.807) is 12.1 Å². The van der Waals surface area contributed by atoms with Crippen molar-refractivity contribution >= 4 is 26.7 Å². The van der Waals surface area contributed by atoms with Crippen molar-refractivity contribution in [2.75, 3.05) is 14.1 Å². The molecule has 0 fully saturated rings. The molecule has 0 bridgehead atoms. The predicted octanol–water partition coefficient (Wildman–Crippen LogP) is 1.88. The molecule has 0 unspecified atom stereocenters. The molecule has 17 heavy (non-hydrogen) atoms. The van der Waals surface area contributed by atoms with E-state index in [9.17, 15) is 8.42 Å². The van der Waals surface area contributed by atoms with Crippen molar-refractivity contribution in [3.63, 3.8) is 0 Å². The van der Waals surface area contributed by atoms with Gasteiger partial charge in [0.25, 0.3) is 0 Å². The van der Waals surface area contributed by atoms with Crippen LogP contribution in [0.15, 0.2) is 42.5 Å². The van der Waals surface area contributed by atoms with Crippen LogP contribution in [0.4, 0.5) is 5.69 Å². The summed E-state index contributed by atoms with van der Waals surface area (Å²) in [5.74, 6) is 0. The lowest BCUT2D eigenvalue weighted by molar-refractivity contribution is 0.514. The number of rotatable bonds is 3. The SMILES string of the molecule is CN(C)S(=O)(=O)[N]c1cccc2ccccc12. The summed E-state index contributed by atoms with van der Waals surface area (Å²) in [6, 6.07) is 13.0. The summed E-state index contributed by atoms with van der Waals surface area (Å²) in [7, 11) is -0.660. The van der Waals surface area contributed by atoms with Gasteiger partial charge in [-0.05, 0) is 11.5 Å². The fourth-order valence-corrected chi connectivity index (χ4v) is 2.06. The van der Waals surface area contributed by atoms with Crippen molar-refractivity contribution < 1.29 is 8.42 Å². The summed E-state index contributed by atoms with van der Waals surface area (Å²) in [6.07, 6.45) is 0. The molecule has 0 N–H and O–H groups in total. The summed E-state index contributed by atoms with van der Waals surface area (Å²) in [4.78, 5) is 0. The molecule has 89 valence electrons. The third-order valence-electron chi connectivity index (χ3n) is 2.44.